The molecule has 0 amide bonds. The first-order valence-electron chi connectivity index (χ1n) is 17.2. The number of allylic oxidation sites excluding steroid dienone is 8. The maximum absolute atomic E-state index is 12.1. The van der Waals surface area contributed by atoms with E-state index < -0.39 is 6.10 Å². The Kier molecular flexibility index (Phi) is 31.7. The second-order valence-corrected chi connectivity index (χ2v) is 11.2. The monoisotopic (exact) mass is 588 g/mol. The molecule has 1 atom stereocenters. The summed E-state index contributed by atoms with van der Waals surface area (Å²) < 4.78 is 10.5. The van der Waals surface area contributed by atoms with Crippen LogP contribution in [0, 0.1) is 0 Å². The van der Waals surface area contributed by atoms with Gasteiger partial charge in [0.05, 0.1) is 6.61 Å². The van der Waals surface area contributed by atoms with Crippen LogP contribution in [0.2, 0.25) is 0 Å². The van der Waals surface area contributed by atoms with Crippen molar-refractivity contribution in [2.24, 2.45) is 0 Å². The molecule has 0 radical (unpaired) electrons. The van der Waals surface area contributed by atoms with Crippen LogP contribution in [-0.2, 0) is 19.1 Å². The Morgan fingerprint density at radius 3 is 1.60 bits per heavy atom. The fraction of sp³-hybridized carbons (Fsp3) is 0.730. The molecule has 0 fully saturated rings. The lowest BCUT2D eigenvalue weighted by molar-refractivity contribution is -0.161. The molecule has 0 aliphatic heterocycles. The number of unbranched alkanes of at least 4 members (excludes halogenated alkanes) is 14. The second kappa shape index (κ2) is 33.4. The molecular formula is C37H64O5. The summed E-state index contributed by atoms with van der Waals surface area (Å²) in [7, 11) is 0. The van der Waals surface area contributed by atoms with Crippen molar-refractivity contribution in [3.05, 3.63) is 48.6 Å². The van der Waals surface area contributed by atoms with E-state index in [1.54, 1.807) is 0 Å². The van der Waals surface area contributed by atoms with Crippen molar-refractivity contribution in [3.63, 3.8) is 0 Å². The van der Waals surface area contributed by atoms with Gasteiger partial charge in [0.1, 0.15) is 6.61 Å². The van der Waals surface area contributed by atoms with Crippen LogP contribution >= 0.6 is 0 Å². The van der Waals surface area contributed by atoms with E-state index in [9.17, 15) is 14.7 Å². The summed E-state index contributed by atoms with van der Waals surface area (Å²) in [5, 5.41) is 9.49. The summed E-state index contributed by atoms with van der Waals surface area (Å²) in [6.45, 7) is 4.02. The number of aliphatic hydroxyl groups is 1. The zero-order chi connectivity index (χ0) is 30.8. The molecule has 0 saturated carbocycles. The van der Waals surface area contributed by atoms with Gasteiger partial charge in [-0.05, 0) is 64.2 Å². The van der Waals surface area contributed by atoms with E-state index in [2.05, 4.69) is 62.5 Å². The first kappa shape index (κ1) is 39.9. The third kappa shape index (κ3) is 30.8. The number of carbonyl (C=O) groups excluding carboxylic acids is 2. The molecule has 0 saturated heterocycles. The summed E-state index contributed by atoms with van der Waals surface area (Å²) in [6, 6.07) is 0. The zero-order valence-corrected chi connectivity index (χ0v) is 27.2. The highest BCUT2D eigenvalue weighted by Crippen LogP contribution is 2.10. The summed E-state index contributed by atoms with van der Waals surface area (Å²) in [5.41, 5.74) is 0. The van der Waals surface area contributed by atoms with Crippen LogP contribution in [0.1, 0.15) is 155 Å². The Bertz CT molecular complexity index is 722. The molecule has 0 spiro atoms. The smallest absolute Gasteiger partial charge is 0.306 e. The SMILES string of the molecule is CCCCC=CCCCCCCCC(=O)O[C@@H](CO)COC(=O)CCCC=CCC=CCC=CCCCCCCCC. The number of hydrogen-bond acceptors (Lipinski definition) is 5. The predicted octanol–water partition coefficient (Wildman–Crippen LogP) is 10.3. The van der Waals surface area contributed by atoms with Gasteiger partial charge in [0, 0.05) is 12.8 Å². The van der Waals surface area contributed by atoms with Gasteiger partial charge in [0.25, 0.3) is 0 Å². The quantitative estimate of drug-likeness (QED) is 0.0513. The Morgan fingerprint density at radius 1 is 0.548 bits per heavy atom. The molecule has 0 aromatic carbocycles. The van der Waals surface area contributed by atoms with E-state index in [1.165, 1.54) is 77.0 Å². The van der Waals surface area contributed by atoms with Gasteiger partial charge in [0.2, 0.25) is 0 Å². The number of ether oxygens (including phenoxy) is 2. The van der Waals surface area contributed by atoms with E-state index in [0.29, 0.717) is 19.3 Å². The molecule has 0 rings (SSSR count). The minimum Gasteiger partial charge on any atom is -0.462 e. The number of rotatable bonds is 30. The van der Waals surface area contributed by atoms with Gasteiger partial charge >= 0.3 is 11.9 Å². The normalized spacial score (nSPS) is 12.7. The van der Waals surface area contributed by atoms with Crippen molar-refractivity contribution in [3.8, 4) is 0 Å². The molecule has 5 heteroatoms. The van der Waals surface area contributed by atoms with Gasteiger partial charge in [0.15, 0.2) is 6.10 Å². The van der Waals surface area contributed by atoms with Crippen LogP contribution in [0.25, 0.3) is 0 Å². The molecule has 0 bridgehead atoms. The van der Waals surface area contributed by atoms with Gasteiger partial charge in [-0.25, -0.2) is 0 Å². The van der Waals surface area contributed by atoms with Crippen molar-refractivity contribution in [2.45, 2.75) is 161 Å². The number of aliphatic hydroxyl groups excluding tert-OH is 1. The Balaban J connectivity index is 3.70. The molecule has 0 heterocycles. The average Bonchev–Trinajstić information content (AvgIpc) is 2.99. The topological polar surface area (TPSA) is 72.8 Å². The summed E-state index contributed by atoms with van der Waals surface area (Å²) >= 11 is 0. The molecule has 5 nitrogen and oxygen atoms in total. The molecule has 0 aliphatic carbocycles. The molecule has 1 N–H and O–H groups in total. The summed E-state index contributed by atoms with van der Waals surface area (Å²) in [4.78, 5) is 24.1. The fourth-order valence-electron chi connectivity index (χ4n) is 4.43. The predicted molar refractivity (Wildman–Crippen MR) is 177 cm³/mol. The highest BCUT2D eigenvalue weighted by atomic mass is 16.6. The van der Waals surface area contributed by atoms with Crippen molar-refractivity contribution < 1.29 is 24.2 Å². The molecule has 0 aromatic rings. The van der Waals surface area contributed by atoms with Crippen molar-refractivity contribution in [1.82, 2.24) is 0 Å². The van der Waals surface area contributed by atoms with Gasteiger partial charge in [-0.3, -0.25) is 9.59 Å². The minimum absolute atomic E-state index is 0.0963. The highest BCUT2D eigenvalue weighted by molar-refractivity contribution is 5.70. The number of carbonyl (C=O) groups is 2. The second-order valence-electron chi connectivity index (χ2n) is 11.2. The summed E-state index contributed by atoms with van der Waals surface area (Å²) in [6.07, 6.45) is 40.3. The fourth-order valence-corrected chi connectivity index (χ4v) is 4.43. The molecule has 242 valence electrons. The first-order valence-corrected chi connectivity index (χ1v) is 17.2. The van der Waals surface area contributed by atoms with Crippen molar-refractivity contribution in [1.29, 1.82) is 0 Å². The third-order valence-electron chi connectivity index (χ3n) is 7.10. The minimum atomic E-state index is -0.793. The van der Waals surface area contributed by atoms with Crippen LogP contribution in [0.3, 0.4) is 0 Å². The largest absolute Gasteiger partial charge is 0.462 e. The van der Waals surface area contributed by atoms with E-state index in [4.69, 9.17) is 9.47 Å². The average molecular weight is 589 g/mol. The van der Waals surface area contributed by atoms with E-state index in [-0.39, 0.29) is 25.2 Å². The Labute approximate surface area is 258 Å². The molecule has 42 heavy (non-hydrogen) atoms. The Morgan fingerprint density at radius 2 is 1.00 bits per heavy atom. The lowest BCUT2D eigenvalue weighted by Gasteiger charge is -2.15. The van der Waals surface area contributed by atoms with E-state index in [0.717, 1.165) is 44.9 Å². The van der Waals surface area contributed by atoms with Crippen LogP contribution < -0.4 is 0 Å². The maximum atomic E-state index is 12.1. The lowest BCUT2D eigenvalue weighted by atomic mass is 10.1. The van der Waals surface area contributed by atoms with Gasteiger partial charge < -0.3 is 14.6 Å². The van der Waals surface area contributed by atoms with Crippen molar-refractivity contribution >= 4 is 11.9 Å². The standard InChI is InChI=1S/C37H64O5/c1-3-5-7-9-11-13-15-16-17-18-19-20-22-23-25-27-29-31-36(39)41-34-35(33-38)42-37(40)32-30-28-26-24-21-14-12-10-8-6-4-2/h10,12,16-17,19-20,23,25,35,38H,3-9,11,13-15,18,21-22,24,26-34H2,1-2H3/t35-/m0/s1. The Hall–Kier alpha value is -2.14. The van der Waals surface area contributed by atoms with Crippen LogP contribution in [0.5, 0.6) is 0 Å². The summed E-state index contributed by atoms with van der Waals surface area (Å²) in [5.74, 6) is -0.668. The number of esters is 2. The lowest BCUT2D eigenvalue weighted by Crippen LogP contribution is -2.28. The maximum Gasteiger partial charge on any atom is 0.306 e. The van der Waals surface area contributed by atoms with Gasteiger partial charge in [-0.1, -0.05) is 127 Å². The zero-order valence-electron chi connectivity index (χ0n) is 27.2. The van der Waals surface area contributed by atoms with Crippen LogP contribution in [0.4, 0.5) is 0 Å². The first-order chi connectivity index (χ1) is 20.6. The van der Waals surface area contributed by atoms with Gasteiger partial charge in [-0.15, -0.1) is 0 Å². The van der Waals surface area contributed by atoms with E-state index in [1.807, 2.05) is 0 Å². The van der Waals surface area contributed by atoms with Crippen LogP contribution in [0.15, 0.2) is 48.6 Å². The molecule has 0 unspecified atom stereocenters. The van der Waals surface area contributed by atoms with Crippen LogP contribution in [-0.4, -0.2) is 36.4 Å². The van der Waals surface area contributed by atoms with Crippen molar-refractivity contribution in [2.75, 3.05) is 13.2 Å². The van der Waals surface area contributed by atoms with Gasteiger partial charge in [-0.2, -0.15) is 0 Å². The molecule has 0 aromatic heterocycles. The third-order valence-corrected chi connectivity index (χ3v) is 7.10. The molecule has 0 aliphatic rings. The van der Waals surface area contributed by atoms with E-state index >= 15 is 0 Å². The highest BCUT2D eigenvalue weighted by Gasteiger charge is 2.15. The number of hydrogen-bond donors (Lipinski definition) is 1. The molecular weight excluding hydrogens is 524 g/mol.